The van der Waals surface area contributed by atoms with Gasteiger partial charge in [0.15, 0.2) is 0 Å². The Balaban J connectivity index is 3.34. The summed E-state index contributed by atoms with van der Waals surface area (Å²) in [5.74, 6) is 0. The quantitative estimate of drug-likeness (QED) is 0.510. The van der Waals surface area contributed by atoms with E-state index in [4.69, 9.17) is 5.26 Å². The third kappa shape index (κ3) is 1.06. The van der Waals surface area contributed by atoms with Crippen LogP contribution in [0.3, 0.4) is 0 Å². The van der Waals surface area contributed by atoms with E-state index in [1.165, 1.54) is 10.6 Å². The molecule has 1 aromatic heterocycles. The van der Waals surface area contributed by atoms with E-state index < -0.39 is 0 Å². The highest BCUT2D eigenvalue weighted by atomic mass is 16.1. The van der Waals surface area contributed by atoms with Gasteiger partial charge < -0.3 is 4.57 Å². The average Bonchev–Trinajstić information content (AvgIpc) is 1.95. The predicted octanol–water partition coefficient (Wildman–Crippen LogP) is 0.257. The van der Waals surface area contributed by atoms with Gasteiger partial charge in [0.2, 0.25) is 0 Å². The summed E-state index contributed by atoms with van der Waals surface area (Å²) in [7, 11) is 1.64. The fourth-order valence-corrected chi connectivity index (χ4v) is 0.618. The van der Waals surface area contributed by atoms with Crippen LogP contribution in [0.25, 0.3) is 0 Å². The van der Waals surface area contributed by atoms with Gasteiger partial charge in [-0.1, -0.05) is 0 Å². The molecule has 1 rings (SSSR count). The summed E-state index contributed by atoms with van der Waals surface area (Å²) in [6.45, 7) is 0. The van der Waals surface area contributed by atoms with Crippen LogP contribution in [-0.2, 0) is 7.05 Å². The number of nitriles is 1. The number of pyridine rings is 1. The molecule has 10 heavy (non-hydrogen) atoms. The minimum absolute atomic E-state index is 0.154. The molecule has 0 spiro atoms. The van der Waals surface area contributed by atoms with Crippen molar-refractivity contribution in [3.05, 3.63) is 34.2 Å². The van der Waals surface area contributed by atoms with Crippen LogP contribution < -0.4 is 5.56 Å². The first kappa shape index (κ1) is 6.56. The van der Waals surface area contributed by atoms with Crippen molar-refractivity contribution in [2.24, 2.45) is 7.05 Å². The van der Waals surface area contributed by atoms with Crippen molar-refractivity contribution in [3.8, 4) is 6.07 Å². The third-order valence-electron chi connectivity index (χ3n) is 1.23. The molecule has 1 aromatic rings. The molecule has 0 aromatic carbocycles. The average molecular weight is 134 g/mol. The smallest absolute Gasteiger partial charge is 0.251 e. The Morgan fingerprint density at radius 3 is 2.90 bits per heavy atom. The molecule has 0 saturated heterocycles. The molecule has 0 amide bonds. The van der Waals surface area contributed by atoms with Crippen molar-refractivity contribution >= 4 is 0 Å². The van der Waals surface area contributed by atoms with E-state index in [1.54, 1.807) is 19.3 Å². The molecule has 0 fully saturated rings. The van der Waals surface area contributed by atoms with E-state index in [0.717, 1.165) is 0 Å². The Hall–Kier alpha value is -1.56. The fourth-order valence-electron chi connectivity index (χ4n) is 0.618. The largest absolute Gasteiger partial charge is 0.319 e. The van der Waals surface area contributed by atoms with Gasteiger partial charge in [-0.2, -0.15) is 5.26 Å². The van der Waals surface area contributed by atoms with Crippen molar-refractivity contribution < 1.29 is 0 Å². The molecule has 0 unspecified atom stereocenters. The minimum atomic E-state index is -0.154. The number of aromatic nitrogens is 1. The molecular weight excluding hydrogens is 128 g/mol. The second-order valence-corrected chi connectivity index (χ2v) is 1.98. The first-order valence-electron chi connectivity index (χ1n) is 2.81. The second-order valence-electron chi connectivity index (χ2n) is 1.98. The number of rotatable bonds is 0. The van der Waals surface area contributed by atoms with Gasteiger partial charge in [0.05, 0.1) is 11.6 Å². The zero-order valence-electron chi connectivity index (χ0n) is 5.53. The lowest BCUT2D eigenvalue weighted by Crippen LogP contribution is -2.14. The highest BCUT2D eigenvalue weighted by molar-refractivity contribution is 5.25. The van der Waals surface area contributed by atoms with Gasteiger partial charge in [0.1, 0.15) is 0 Å². The van der Waals surface area contributed by atoms with Gasteiger partial charge in [0.25, 0.3) is 5.56 Å². The van der Waals surface area contributed by atoms with Crippen molar-refractivity contribution in [2.75, 3.05) is 0 Å². The van der Waals surface area contributed by atoms with Gasteiger partial charge in [0, 0.05) is 19.3 Å². The molecule has 0 radical (unpaired) electrons. The summed E-state index contributed by atoms with van der Waals surface area (Å²) < 4.78 is 1.42. The lowest BCUT2D eigenvalue weighted by atomic mass is 10.3. The standard InChI is InChI=1S/C7H6N2O/c1-9-3-2-6(5-8)4-7(9)10/h2-4H,1H3. The summed E-state index contributed by atoms with van der Waals surface area (Å²) in [6.07, 6.45) is 1.57. The summed E-state index contributed by atoms with van der Waals surface area (Å²) >= 11 is 0. The van der Waals surface area contributed by atoms with E-state index in [-0.39, 0.29) is 5.56 Å². The predicted molar refractivity (Wildman–Crippen MR) is 36.4 cm³/mol. The Labute approximate surface area is 58.1 Å². The Kier molecular flexibility index (Phi) is 1.55. The SMILES string of the molecule is Cn1ccc(C#N)cc1=O. The maximum absolute atomic E-state index is 10.8. The van der Waals surface area contributed by atoms with E-state index in [0.29, 0.717) is 5.56 Å². The summed E-state index contributed by atoms with van der Waals surface area (Å²) in [6, 6.07) is 4.79. The molecule has 1 heterocycles. The molecule has 0 aliphatic heterocycles. The molecule has 50 valence electrons. The number of hydrogen-bond donors (Lipinski definition) is 0. The van der Waals surface area contributed by atoms with Crippen LogP contribution in [-0.4, -0.2) is 4.57 Å². The lowest BCUT2D eigenvalue weighted by Gasteiger charge is -1.92. The number of nitrogens with zero attached hydrogens (tertiary/aromatic N) is 2. The topological polar surface area (TPSA) is 45.8 Å². The molecule has 0 N–H and O–H groups in total. The molecule has 0 bridgehead atoms. The van der Waals surface area contributed by atoms with Crippen molar-refractivity contribution in [1.82, 2.24) is 4.57 Å². The van der Waals surface area contributed by atoms with E-state index in [1.807, 2.05) is 6.07 Å². The van der Waals surface area contributed by atoms with Crippen LogP contribution in [0.1, 0.15) is 5.56 Å². The maximum Gasteiger partial charge on any atom is 0.251 e. The third-order valence-corrected chi connectivity index (χ3v) is 1.23. The van der Waals surface area contributed by atoms with Crippen molar-refractivity contribution in [3.63, 3.8) is 0 Å². The van der Waals surface area contributed by atoms with E-state index >= 15 is 0 Å². The fraction of sp³-hybridized carbons (Fsp3) is 0.143. The second kappa shape index (κ2) is 2.36. The summed E-state index contributed by atoms with van der Waals surface area (Å²) in [4.78, 5) is 10.8. The molecule has 0 saturated carbocycles. The Morgan fingerprint density at radius 2 is 2.40 bits per heavy atom. The van der Waals surface area contributed by atoms with E-state index in [2.05, 4.69) is 0 Å². The van der Waals surface area contributed by atoms with Gasteiger partial charge in [-0.25, -0.2) is 0 Å². The minimum Gasteiger partial charge on any atom is -0.319 e. The van der Waals surface area contributed by atoms with Crippen molar-refractivity contribution in [1.29, 1.82) is 5.26 Å². The monoisotopic (exact) mass is 134 g/mol. The highest BCUT2D eigenvalue weighted by Gasteiger charge is 1.90. The van der Waals surface area contributed by atoms with Gasteiger partial charge >= 0.3 is 0 Å². The van der Waals surface area contributed by atoms with Gasteiger partial charge in [-0.3, -0.25) is 4.79 Å². The Bertz CT molecular complexity index is 332. The first-order chi connectivity index (χ1) is 4.74. The molecule has 3 nitrogen and oxygen atoms in total. The maximum atomic E-state index is 10.8. The van der Waals surface area contributed by atoms with Crippen LogP contribution in [0, 0.1) is 11.3 Å². The summed E-state index contributed by atoms with van der Waals surface area (Å²) in [5, 5.41) is 8.35. The van der Waals surface area contributed by atoms with Crippen molar-refractivity contribution in [2.45, 2.75) is 0 Å². The Morgan fingerprint density at radius 1 is 1.70 bits per heavy atom. The number of hydrogen-bond acceptors (Lipinski definition) is 2. The highest BCUT2D eigenvalue weighted by Crippen LogP contribution is 1.88. The van der Waals surface area contributed by atoms with Gasteiger partial charge in [-0.05, 0) is 6.07 Å². The zero-order chi connectivity index (χ0) is 7.56. The van der Waals surface area contributed by atoms with Crippen LogP contribution in [0.5, 0.6) is 0 Å². The molecule has 0 aliphatic carbocycles. The van der Waals surface area contributed by atoms with Crippen LogP contribution in [0.2, 0.25) is 0 Å². The zero-order valence-corrected chi connectivity index (χ0v) is 5.53. The van der Waals surface area contributed by atoms with Crippen LogP contribution >= 0.6 is 0 Å². The first-order valence-corrected chi connectivity index (χ1v) is 2.81. The van der Waals surface area contributed by atoms with Crippen LogP contribution in [0.4, 0.5) is 0 Å². The lowest BCUT2D eigenvalue weighted by molar-refractivity contribution is 0.858. The molecule has 3 heteroatoms. The van der Waals surface area contributed by atoms with E-state index in [9.17, 15) is 4.79 Å². The normalized spacial score (nSPS) is 8.80. The molecular formula is C7H6N2O. The van der Waals surface area contributed by atoms with Gasteiger partial charge in [-0.15, -0.1) is 0 Å². The molecule has 0 aliphatic rings. The van der Waals surface area contributed by atoms with Crippen LogP contribution in [0.15, 0.2) is 23.1 Å². The summed E-state index contributed by atoms with van der Waals surface area (Å²) in [5.41, 5.74) is 0.252. The molecule has 0 atom stereocenters. The number of aryl methyl sites for hydroxylation is 1.